The van der Waals surface area contributed by atoms with Crippen LogP contribution < -0.4 is 10.1 Å². The highest BCUT2D eigenvalue weighted by atomic mass is 16.5. The molecule has 0 aromatic heterocycles. The van der Waals surface area contributed by atoms with E-state index in [9.17, 15) is 0 Å². The molecule has 1 aromatic rings. The van der Waals surface area contributed by atoms with Crippen molar-refractivity contribution in [2.45, 2.75) is 40.0 Å². The van der Waals surface area contributed by atoms with E-state index in [1.54, 1.807) is 7.11 Å². The quantitative estimate of drug-likeness (QED) is 0.777. The second-order valence-electron chi connectivity index (χ2n) is 6.94. The van der Waals surface area contributed by atoms with Crippen LogP contribution in [0.3, 0.4) is 0 Å². The normalized spacial score (nSPS) is 18.1. The van der Waals surface area contributed by atoms with Gasteiger partial charge in [-0.1, -0.05) is 39.0 Å². The summed E-state index contributed by atoms with van der Waals surface area (Å²) in [6.07, 6.45) is 3.87. The number of rotatable bonds is 8. The van der Waals surface area contributed by atoms with Crippen molar-refractivity contribution in [1.82, 2.24) is 5.32 Å². The zero-order valence-electron chi connectivity index (χ0n) is 13.4. The minimum Gasteiger partial charge on any atom is -0.496 e. The van der Waals surface area contributed by atoms with Crippen molar-refractivity contribution >= 4 is 0 Å². The molecule has 0 bridgehead atoms. The lowest BCUT2D eigenvalue weighted by molar-refractivity contribution is 0.249. The first-order chi connectivity index (χ1) is 9.55. The van der Waals surface area contributed by atoms with Gasteiger partial charge in [-0.3, -0.25) is 0 Å². The van der Waals surface area contributed by atoms with Gasteiger partial charge >= 0.3 is 0 Å². The van der Waals surface area contributed by atoms with Crippen LogP contribution in [0.25, 0.3) is 0 Å². The Labute approximate surface area is 123 Å². The van der Waals surface area contributed by atoms with E-state index in [2.05, 4.69) is 44.3 Å². The van der Waals surface area contributed by atoms with Gasteiger partial charge in [-0.2, -0.15) is 0 Å². The lowest BCUT2D eigenvalue weighted by Crippen LogP contribution is -2.37. The van der Waals surface area contributed by atoms with Gasteiger partial charge in [0.15, 0.2) is 0 Å². The van der Waals surface area contributed by atoms with E-state index in [0.717, 1.165) is 31.2 Å². The van der Waals surface area contributed by atoms with Crippen molar-refractivity contribution in [3.8, 4) is 5.75 Å². The topological polar surface area (TPSA) is 21.3 Å². The fraction of sp³-hybridized carbons (Fsp3) is 0.667. The third-order valence-corrected chi connectivity index (χ3v) is 4.43. The molecule has 0 aliphatic heterocycles. The summed E-state index contributed by atoms with van der Waals surface area (Å²) < 4.78 is 5.51. The standard InChI is InChI=1S/C18H29NO/c1-14(2)12-19-13-18(3,16-9-10-16)11-15-7-5-6-8-17(15)20-4/h5-8,14,16,19H,9-13H2,1-4H3. The molecule has 1 N–H and O–H groups in total. The average Bonchev–Trinajstić information content (AvgIpc) is 3.23. The van der Waals surface area contributed by atoms with Crippen molar-refractivity contribution in [2.75, 3.05) is 20.2 Å². The van der Waals surface area contributed by atoms with Crippen LogP contribution >= 0.6 is 0 Å². The maximum atomic E-state index is 5.51. The van der Waals surface area contributed by atoms with Crippen molar-refractivity contribution < 1.29 is 4.74 Å². The number of hydrogen-bond acceptors (Lipinski definition) is 2. The van der Waals surface area contributed by atoms with Gasteiger partial charge in [-0.25, -0.2) is 0 Å². The van der Waals surface area contributed by atoms with Gasteiger partial charge in [0.05, 0.1) is 7.11 Å². The zero-order valence-corrected chi connectivity index (χ0v) is 13.4. The molecule has 0 heterocycles. The van der Waals surface area contributed by atoms with Crippen LogP contribution in [-0.2, 0) is 6.42 Å². The lowest BCUT2D eigenvalue weighted by Gasteiger charge is -2.31. The van der Waals surface area contributed by atoms with Crippen molar-refractivity contribution in [3.05, 3.63) is 29.8 Å². The fourth-order valence-electron chi connectivity index (χ4n) is 3.06. The van der Waals surface area contributed by atoms with Crippen LogP contribution in [0, 0.1) is 17.3 Å². The third kappa shape index (κ3) is 3.99. The maximum Gasteiger partial charge on any atom is 0.122 e. The fourth-order valence-corrected chi connectivity index (χ4v) is 3.06. The molecule has 2 nitrogen and oxygen atoms in total. The Morgan fingerprint density at radius 1 is 1.30 bits per heavy atom. The summed E-state index contributed by atoms with van der Waals surface area (Å²) in [5, 5.41) is 3.66. The number of hydrogen-bond donors (Lipinski definition) is 1. The van der Waals surface area contributed by atoms with Gasteiger partial charge < -0.3 is 10.1 Å². The second kappa shape index (κ2) is 6.62. The molecular formula is C18H29NO. The highest BCUT2D eigenvalue weighted by Crippen LogP contribution is 2.47. The van der Waals surface area contributed by atoms with Crippen LogP contribution in [0.2, 0.25) is 0 Å². The summed E-state index contributed by atoms with van der Waals surface area (Å²) in [6, 6.07) is 8.45. The van der Waals surface area contributed by atoms with E-state index < -0.39 is 0 Å². The molecule has 1 aromatic carbocycles. The molecule has 20 heavy (non-hydrogen) atoms. The number of para-hydroxylation sites is 1. The minimum absolute atomic E-state index is 0.351. The first kappa shape index (κ1) is 15.4. The SMILES string of the molecule is COc1ccccc1CC(C)(CNCC(C)C)C1CC1. The Hall–Kier alpha value is -1.02. The van der Waals surface area contributed by atoms with E-state index in [-0.39, 0.29) is 0 Å². The second-order valence-corrected chi connectivity index (χ2v) is 6.94. The molecule has 1 fully saturated rings. The number of benzene rings is 1. The molecule has 1 aliphatic carbocycles. The number of methoxy groups -OCH3 is 1. The van der Waals surface area contributed by atoms with Crippen LogP contribution in [0.15, 0.2) is 24.3 Å². The summed E-state index contributed by atoms with van der Waals surface area (Å²) in [5.74, 6) is 2.61. The van der Waals surface area contributed by atoms with E-state index >= 15 is 0 Å². The highest BCUT2D eigenvalue weighted by molar-refractivity contribution is 5.34. The predicted octanol–water partition coefficient (Wildman–Crippen LogP) is 3.90. The molecule has 0 spiro atoms. The summed E-state index contributed by atoms with van der Waals surface area (Å²) in [5.41, 5.74) is 1.69. The summed E-state index contributed by atoms with van der Waals surface area (Å²) in [6.45, 7) is 9.18. The predicted molar refractivity (Wildman–Crippen MR) is 85.2 cm³/mol. The maximum absolute atomic E-state index is 5.51. The Balaban J connectivity index is 2.04. The average molecular weight is 275 g/mol. The van der Waals surface area contributed by atoms with Crippen molar-refractivity contribution in [1.29, 1.82) is 0 Å². The molecule has 112 valence electrons. The molecular weight excluding hydrogens is 246 g/mol. The zero-order chi connectivity index (χ0) is 14.6. The van der Waals surface area contributed by atoms with E-state index in [1.165, 1.54) is 18.4 Å². The molecule has 0 radical (unpaired) electrons. The summed E-state index contributed by atoms with van der Waals surface area (Å²) >= 11 is 0. The lowest BCUT2D eigenvalue weighted by atomic mass is 9.78. The molecule has 1 saturated carbocycles. The highest BCUT2D eigenvalue weighted by Gasteiger charge is 2.41. The molecule has 0 amide bonds. The van der Waals surface area contributed by atoms with Crippen LogP contribution in [0.1, 0.15) is 39.2 Å². The Kier molecular flexibility index (Phi) is 5.09. The molecule has 1 unspecified atom stereocenters. The smallest absolute Gasteiger partial charge is 0.122 e. The number of nitrogens with one attached hydrogen (secondary N) is 1. The van der Waals surface area contributed by atoms with Crippen LogP contribution in [-0.4, -0.2) is 20.2 Å². The largest absolute Gasteiger partial charge is 0.496 e. The van der Waals surface area contributed by atoms with Gasteiger partial charge in [0.1, 0.15) is 5.75 Å². The van der Waals surface area contributed by atoms with Gasteiger partial charge in [-0.15, -0.1) is 0 Å². The van der Waals surface area contributed by atoms with E-state index in [4.69, 9.17) is 4.74 Å². The summed E-state index contributed by atoms with van der Waals surface area (Å²) in [7, 11) is 1.77. The Morgan fingerprint density at radius 2 is 2.00 bits per heavy atom. The number of ether oxygens (including phenoxy) is 1. The molecule has 2 heteroatoms. The molecule has 2 rings (SSSR count). The minimum atomic E-state index is 0.351. The first-order valence-electron chi connectivity index (χ1n) is 7.88. The monoisotopic (exact) mass is 275 g/mol. The van der Waals surface area contributed by atoms with Gasteiger partial charge in [0.2, 0.25) is 0 Å². The Morgan fingerprint density at radius 3 is 2.60 bits per heavy atom. The summed E-state index contributed by atoms with van der Waals surface area (Å²) in [4.78, 5) is 0. The third-order valence-electron chi connectivity index (χ3n) is 4.43. The van der Waals surface area contributed by atoms with Gasteiger partial charge in [0, 0.05) is 6.54 Å². The molecule has 1 aliphatic rings. The van der Waals surface area contributed by atoms with Crippen LogP contribution in [0.5, 0.6) is 5.75 Å². The van der Waals surface area contributed by atoms with Crippen molar-refractivity contribution in [2.24, 2.45) is 17.3 Å². The molecule has 1 atom stereocenters. The Bertz CT molecular complexity index is 425. The van der Waals surface area contributed by atoms with E-state index in [0.29, 0.717) is 11.3 Å². The van der Waals surface area contributed by atoms with Gasteiger partial charge in [0.25, 0.3) is 0 Å². The first-order valence-corrected chi connectivity index (χ1v) is 7.88. The van der Waals surface area contributed by atoms with Crippen LogP contribution in [0.4, 0.5) is 0 Å². The molecule has 0 saturated heterocycles. The van der Waals surface area contributed by atoms with E-state index in [1.807, 2.05) is 6.07 Å². The van der Waals surface area contributed by atoms with Gasteiger partial charge in [-0.05, 0) is 54.7 Å². The van der Waals surface area contributed by atoms with Crippen molar-refractivity contribution in [3.63, 3.8) is 0 Å².